The van der Waals surface area contributed by atoms with Gasteiger partial charge < -0.3 is 4.74 Å². The number of methoxy groups -OCH3 is 1. The molecule has 0 amide bonds. The van der Waals surface area contributed by atoms with Gasteiger partial charge in [-0.25, -0.2) is 0 Å². The van der Waals surface area contributed by atoms with Gasteiger partial charge in [-0.05, 0) is 0 Å². The molecular formula is C3H8ClOSi. The summed E-state index contributed by atoms with van der Waals surface area (Å²) < 4.78 is 4.78. The Morgan fingerprint density at radius 3 is 2.50 bits per heavy atom. The molecule has 0 fully saturated rings. The van der Waals surface area contributed by atoms with Gasteiger partial charge in [-0.2, -0.15) is 0 Å². The Kier molecular flexibility index (Phi) is 3.93. The molecule has 0 bridgehead atoms. The van der Waals surface area contributed by atoms with E-state index in [2.05, 4.69) is 0 Å². The molecule has 0 aromatic carbocycles. The van der Waals surface area contributed by atoms with Crippen molar-refractivity contribution in [3.05, 3.63) is 0 Å². The number of hydrogen-bond donors (Lipinski definition) is 0. The Hall–Kier alpha value is 0.467. The molecule has 0 N–H and O–H groups in total. The smallest absolute Gasteiger partial charge is 0.0520 e. The molecule has 37 valence electrons. The van der Waals surface area contributed by atoms with Gasteiger partial charge in [-0.1, -0.05) is 0 Å². The quantitative estimate of drug-likeness (QED) is 0.366. The van der Waals surface area contributed by atoms with Crippen LogP contribution in [0.5, 0.6) is 0 Å². The molecule has 1 atom stereocenters. The van der Waals surface area contributed by atoms with E-state index >= 15 is 0 Å². The first kappa shape index (κ1) is 6.47. The van der Waals surface area contributed by atoms with Gasteiger partial charge in [0.1, 0.15) is 0 Å². The van der Waals surface area contributed by atoms with Crippen LogP contribution in [-0.4, -0.2) is 29.0 Å². The lowest BCUT2D eigenvalue weighted by Crippen LogP contribution is -2.10. The zero-order valence-electron chi connectivity index (χ0n) is 3.78. The Balaban J connectivity index is 2.75. The zero-order valence-corrected chi connectivity index (χ0v) is 5.95. The number of ether oxygens (including phenoxy) is 1. The largest absolute Gasteiger partial charge is 0.385 e. The monoisotopic (exact) mass is 123 g/mol. The van der Waals surface area contributed by atoms with Crippen molar-refractivity contribution in [2.75, 3.05) is 13.0 Å². The topological polar surface area (TPSA) is 9.23 Å². The summed E-state index contributed by atoms with van der Waals surface area (Å²) in [5.41, 5.74) is 0.228. The lowest BCUT2D eigenvalue weighted by Gasteiger charge is -1.99. The predicted molar refractivity (Wildman–Crippen MR) is 30.1 cm³/mol. The fourth-order valence-corrected chi connectivity index (χ4v) is 0.189. The van der Waals surface area contributed by atoms with E-state index in [0.717, 1.165) is 0 Å². The predicted octanol–water partition coefficient (Wildman–Crippen LogP) is -0.169. The number of hydrogen-bond acceptors (Lipinski definition) is 1. The van der Waals surface area contributed by atoms with Crippen LogP contribution in [0.25, 0.3) is 0 Å². The normalized spacial score (nSPS) is 14.5. The van der Waals surface area contributed by atoms with Crippen molar-refractivity contribution < 1.29 is 4.74 Å². The molecule has 0 aliphatic rings. The Labute approximate surface area is 46.1 Å². The van der Waals surface area contributed by atoms with E-state index in [1.165, 1.54) is 0 Å². The molecule has 0 rings (SSSR count). The van der Waals surface area contributed by atoms with Gasteiger partial charge in [0.25, 0.3) is 0 Å². The average molecular weight is 124 g/mol. The minimum atomic E-state index is 0.228. The second-order valence-electron chi connectivity index (χ2n) is 1.01. The van der Waals surface area contributed by atoms with Crippen molar-refractivity contribution in [2.45, 2.75) is 5.73 Å². The first-order chi connectivity index (χ1) is 2.81. The standard InChI is InChI=1S/C3H8ClOSi/c1-5-3(6)2-4/h3H,2,6H2,1H3. The summed E-state index contributed by atoms with van der Waals surface area (Å²) in [6.45, 7) is 0. The van der Waals surface area contributed by atoms with E-state index in [1.807, 2.05) is 0 Å². The summed E-state index contributed by atoms with van der Waals surface area (Å²) in [5, 5.41) is 0. The van der Waals surface area contributed by atoms with E-state index in [-0.39, 0.29) is 5.73 Å². The number of halogens is 1. The van der Waals surface area contributed by atoms with Gasteiger partial charge in [0.05, 0.1) is 5.73 Å². The van der Waals surface area contributed by atoms with Gasteiger partial charge in [-0.3, -0.25) is 0 Å². The highest BCUT2D eigenvalue weighted by Gasteiger charge is 1.90. The van der Waals surface area contributed by atoms with Crippen molar-refractivity contribution in [1.82, 2.24) is 0 Å². The zero-order chi connectivity index (χ0) is 4.99. The summed E-state index contributed by atoms with van der Waals surface area (Å²) in [6.07, 6.45) is 0. The average Bonchev–Trinajstić information content (AvgIpc) is 1.65. The van der Waals surface area contributed by atoms with Crippen LogP contribution < -0.4 is 0 Å². The van der Waals surface area contributed by atoms with Crippen LogP contribution in [0.4, 0.5) is 0 Å². The van der Waals surface area contributed by atoms with Crippen LogP contribution in [-0.2, 0) is 4.74 Å². The van der Waals surface area contributed by atoms with E-state index in [9.17, 15) is 0 Å². The van der Waals surface area contributed by atoms with Crippen molar-refractivity contribution in [2.24, 2.45) is 0 Å². The van der Waals surface area contributed by atoms with Gasteiger partial charge in [0.15, 0.2) is 0 Å². The molecule has 0 spiro atoms. The molecule has 3 heteroatoms. The lowest BCUT2D eigenvalue weighted by atomic mass is 10.8. The van der Waals surface area contributed by atoms with Crippen molar-refractivity contribution in [1.29, 1.82) is 0 Å². The third kappa shape index (κ3) is 2.69. The molecule has 1 radical (unpaired) electrons. The highest BCUT2D eigenvalue weighted by molar-refractivity contribution is 6.23. The summed E-state index contributed by atoms with van der Waals surface area (Å²) >= 11 is 5.33. The minimum absolute atomic E-state index is 0.228. The maximum absolute atomic E-state index is 5.33. The third-order valence-electron chi connectivity index (χ3n) is 0.505. The molecular weight excluding hydrogens is 116 g/mol. The molecule has 0 aliphatic heterocycles. The minimum Gasteiger partial charge on any atom is -0.385 e. The molecule has 0 aromatic heterocycles. The van der Waals surface area contributed by atoms with Crippen molar-refractivity contribution in [3.63, 3.8) is 0 Å². The summed E-state index contributed by atoms with van der Waals surface area (Å²) in [6, 6.07) is 0. The van der Waals surface area contributed by atoms with E-state index in [0.29, 0.717) is 5.88 Å². The molecule has 6 heavy (non-hydrogen) atoms. The third-order valence-corrected chi connectivity index (χ3v) is 1.84. The lowest BCUT2D eigenvalue weighted by molar-refractivity contribution is 0.184. The highest BCUT2D eigenvalue weighted by atomic mass is 35.5. The first-order valence-electron chi connectivity index (χ1n) is 1.73. The second kappa shape index (κ2) is 3.65. The summed E-state index contributed by atoms with van der Waals surface area (Å²) in [7, 11) is 3.40. The Bertz CT molecular complexity index is 30.0. The van der Waals surface area contributed by atoms with Crippen LogP contribution in [0.1, 0.15) is 0 Å². The van der Waals surface area contributed by atoms with Crippen molar-refractivity contribution in [3.8, 4) is 0 Å². The van der Waals surface area contributed by atoms with Crippen LogP contribution >= 0.6 is 11.6 Å². The van der Waals surface area contributed by atoms with Gasteiger partial charge in [0, 0.05) is 23.2 Å². The second-order valence-corrected chi connectivity index (χ2v) is 2.23. The molecule has 0 heterocycles. The maximum atomic E-state index is 5.33. The van der Waals surface area contributed by atoms with Crippen LogP contribution in [0, 0.1) is 0 Å². The SMILES string of the molecule is COC([SiH2])CCl. The van der Waals surface area contributed by atoms with E-state index in [1.54, 1.807) is 17.4 Å². The molecule has 0 saturated carbocycles. The Morgan fingerprint density at radius 2 is 2.50 bits per heavy atom. The summed E-state index contributed by atoms with van der Waals surface area (Å²) in [5.74, 6) is 0.592. The van der Waals surface area contributed by atoms with Crippen molar-refractivity contribution >= 4 is 21.8 Å². The van der Waals surface area contributed by atoms with E-state index in [4.69, 9.17) is 16.3 Å². The van der Waals surface area contributed by atoms with Crippen LogP contribution in [0.15, 0.2) is 0 Å². The first-order valence-corrected chi connectivity index (χ1v) is 3.08. The highest BCUT2D eigenvalue weighted by Crippen LogP contribution is 1.83. The number of alkyl halides is 1. The molecule has 0 saturated heterocycles. The maximum Gasteiger partial charge on any atom is 0.0520 e. The molecule has 1 nitrogen and oxygen atoms in total. The fourth-order valence-electron chi connectivity index (χ4n) is 0.0630. The van der Waals surface area contributed by atoms with E-state index < -0.39 is 0 Å². The van der Waals surface area contributed by atoms with Gasteiger partial charge in [-0.15, -0.1) is 11.6 Å². The van der Waals surface area contributed by atoms with Crippen LogP contribution in [0.2, 0.25) is 0 Å². The number of rotatable bonds is 2. The van der Waals surface area contributed by atoms with Gasteiger partial charge in [0.2, 0.25) is 0 Å². The molecule has 1 unspecified atom stereocenters. The van der Waals surface area contributed by atoms with Gasteiger partial charge >= 0.3 is 0 Å². The molecule has 0 aromatic rings. The fraction of sp³-hybridized carbons (Fsp3) is 1.00. The summed E-state index contributed by atoms with van der Waals surface area (Å²) in [4.78, 5) is 0. The Morgan fingerprint density at radius 1 is 2.00 bits per heavy atom. The van der Waals surface area contributed by atoms with Crippen LogP contribution in [0.3, 0.4) is 0 Å². The molecule has 0 aliphatic carbocycles.